The van der Waals surface area contributed by atoms with Crippen molar-refractivity contribution in [2.75, 3.05) is 0 Å². The smallest absolute Gasteiger partial charge is 0.328 e. The van der Waals surface area contributed by atoms with Crippen LogP contribution in [0.4, 0.5) is 0 Å². The van der Waals surface area contributed by atoms with Gasteiger partial charge in [-0.15, -0.1) is 0 Å². The molecule has 3 heteroatoms. The number of carboxylic acid groups (broad SMARTS) is 1. The minimum Gasteiger partial charge on any atom is -0.480 e. The molecular weight excluding hydrogens is 322 g/mol. The molecule has 144 valence electrons. The Kier molecular flexibility index (Phi) is 7.80. The Balaban J connectivity index is 3.04. The summed E-state index contributed by atoms with van der Waals surface area (Å²) in [7, 11) is 0. The van der Waals surface area contributed by atoms with E-state index in [0.717, 1.165) is 11.3 Å². The zero-order valence-corrected chi connectivity index (χ0v) is 17.7. The molecule has 0 heterocycles. The number of nitrogens with zero attached hydrogens (tertiary/aromatic N) is 1. The molecule has 0 bridgehead atoms. The topological polar surface area (TPSA) is 49.7 Å². The first-order valence-corrected chi connectivity index (χ1v) is 9.47. The fraction of sp³-hybridized carbons (Fsp3) is 0.565. The van der Waals surface area contributed by atoms with E-state index in [4.69, 9.17) is 5.11 Å². The van der Waals surface area contributed by atoms with Crippen LogP contribution in [0.5, 0.6) is 0 Å². The maximum absolute atomic E-state index is 10.9. The molecule has 1 atom stereocenters. The van der Waals surface area contributed by atoms with Crippen LogP contribution in [0.25, 0.3) is 0 Å². The lowest BCUT2D eigenvalue weighted by Gasteiger charge is -2.33. The molecule has 26 heavy (non-hydrogen) atoms. The molecule has 0 fully saturated rings. The number of aliphatic imine (C=N–C) groups is 1. The lowest BCUT2D eigenvalue weighted by Crippen LogP contribution is -2.19. The maximum atomic E-state index is 10.9. The van der Waals surface area contributed by atoms with Crippen LogP contribution in [0, 0.1) is 5.41 Å². The van der Waals surface area contributed by atoms with Gasteiger partial charge in [-0.25, -0.2) is 4.79 Å². The first-order chi connectivity index (χ1) is 12.0. The van der Waals surface area contributed by atoms with E-state index in [-0.39, 0.29) is 5.41 Å². The van der Waals surface area contributed by atoms with E-state index in [9.17, 15) is 4.79 Å². The molecule has 0 saturated carbocycles. The number of rotatable bonds is 6. The van der Waals surface area contributed by atoms with Crippen molar-refractivity contribution in [1.82, 2.24) is 0 Å². The van der Waals surface area contributed by atoms with Crippen LogP contribution in [0.2, 0.25) is 0 Å². The van der Waals surface area contributed by atoms with Gasteiger partial charge in [0.1, 0.15) is 6.04 Å². The van der Waals surface area contributed by atoms with Crippen molar-refractivity contribution in [3.05, 3.63) is 46.1 Å². The number of carboxylic acids is 1. The van der Waals surface area contributed by atoms with Gasteiger partial charge in [0.2, 0.25) is 0 Å². The predicted octanol–water partition coefficient (Wildman–Crippen LogP) is 6.29. The Morgan fingerprint density at radius 3 is 2.23 bits per heavy atom. The number of carbonyl (C=O) groups is 1. The van der Waals surface area contributed by atoms with Crippen LogP contribution < -0.4 is 0 Å². The third-order valence-electron chi connectivity index (χ3n) is 5.42. The van der Waals surface area contributed by atoms with Gasteiger partial charge >= 0.3 is 5.97 Å². The summed E-state index contributed by atoms with van der Waals surface area (Å²) in [5.74, 6) is -0.901. The molecule has 0 radical (unpaired) electrons. The highest BCUT2D eigenvalue weighted by Gasteiger charge is 2.26. The summed E-state index contributed by atoms with van der Waals surface area (Å²) in [5, 5.41) is 8.97. The van der Waals surface area contributed by atoms with Gasteiger partial charge in [0.25, 0.3) is 0 Å². The predicted molar refractivity (Wildman–Crippen MR) is 112 cm³/mol. The molecule has 0 spiro atoms. The molecule has 1 rings (SSSR count). The molecule has 0 unspecified atom stereocenters. The lowest BCUT2D eigenvalue weighted by molar-refractivity contribution is -0.137. The molecule has 1 aliphatic carbocycles. The Morgan fingerprint density at radius 2 is 1.69 bits per heavy atom. The minimum absolute atomic E-state index is 0.242. The fourth-order valence-corrected chi connectivity index (χ4v) is 3.24. The Morgan fingerprint density at radius 1 is 1.12 bits per heavy atom. The van der Waals surface area contributed by atoms with E-state index in [1.807, 2.05) is 19.9 Å². The highest BCUT2D eigenvalue weighted by atomic mass is 16.4. The molecule has 1 aliphatic rings. The van der Waals surface area contributed by atoms with Crippen molar-refractivity contribution < 1.29 is 9.90 Å². The molecule has 0 aromatic heterocycles. The molecular formula is C23H35NO2. The van der Waals surface area contributed by atoms with E-state index in [0.29, 0.717) is 0 Å². The average molecular weight is 358 g/mol. The van der Waals surface area contributed by atoms with E-state index in [1.165, 1.54) is 41.6 Å². The van der Waals surface area contributed by atoms with Gasteiger partial charge in [-0.3, -0.25) is 4.99 Å². The monoisotopic (exact) mass is 357 g/mol. The maximum Gasteiger partial charge on any atom is 0.328 e. The summed E-state index contributed by atoms with van der Waals surface area (Å²) in [6, 6.07) is -0.714. The van der Waals surface area contributed by atoms with Crippen LogP contribution in [0.1, 0.15) is 74.7 Å². The minimum atomic E-state index is -0.901. The van der Waals surface area contributed by atoms with E-state index >= 15 is 0 Å². The SMILES string of the molecule is CC(=N[C@@H](C)C(=O)O)/C(C)=C/C=C(C)/C(C)=C/C1=C(C)CCCC1(C)C. The number of hydrogen-bond donors (Lipinski definition) is 1. The number of hydrogen-bond acceptors (Lipinski definition) is 2. The van der Waals surface area contributed by atoms with Crippen LogP contribution in [0.3, 0.4) is 0 Å². The van der Waals surface area contributed by atoms with Crippen molar-refractivity contribution in [2.24, 2.45) is 10.4 Å². The standard InChI is InChI=1S/C23H35NO2/c1-15(11-12-16(2)19(5)24-20(6)22(25)26)18(4)14-21-17(3)10-9-13-23(21,7)8/h11-12,14,20H,9-10,13H2,1-8H3,(H,25,26)/b15-11+,16-12+,18-14+,24-19?/t20-/m0/s1. The second kappa shape index (κ2) is 9.16. The largest absolute Gasteiger partial charge is 0.480 e. The summed E-state index contributed by atoms with van der Waals surface area (Å²) in [4.78, 5) is 15.1. The van der Waals surface area contributed by atoms with Crippen molar-refractivity contribution in [3.63, 3.8) is 0 Å². The van der Waals surface area contributed by atoms with Gasteiger partial charge in [-0.2, -0.15) is 0 Å². The summed E-state index contributed by atoms with van der Waals surface area (Å²) >= 11 is 0. The van der Waals surface area contributed by atoms with Crippen LogP contribution in [-0.4, -0.2) is 22.8 Å². The number of aliphatic carboxylic acids is 1. The van der Waals surface area contributed by atoms with Gasteiger partial charge < -0.3 is 5.11 Å². The first-order valence-electron chi connectivity index (χ1n) is 9.47. The molecule has 3 nitrogen and oxygen atoms in total. The van der Waals surface area contributed by atoms with E-state index < -0.39 is 12.0 Å². The van der Waals surface area contributed by atoms with Crippen LogP contribution >= 0.6 is 0 Å². The zero-order valence-electron chi connectivity index (χ0n) is 17.7. The quantitative estimate of drug-likeness (QED) is 0.449. The normalized spacial score (nSPS) is 21.1. The summed E-state index contributed by atoms with van der Waals surface area (Å²) in [6.45, 7) is 16.6. The van der Waals surface area contributed by atoms with Gasteiger partial charge in [0.15, 0.2) is 0 Å². The third-order valence-corrected chi connectivity index (χ3v) is 5.42. The molecule has 0 aromatic carbocycles. The second-order valence-corrected chi connectivity index (χ2v) is 8.19. The number of allylic oxidation sites excluding steroid dienone is 8. The molecule has 0 saturated heterocycles. The van der Waals surface area contributed by atoms with E-state index in [2.05, 4.69) is 51.8 Å². The second-order valence-electron chi connectivity index (χ2n) is 8.19. The molecule has 0 aromatic rings. The van der Waals surface area contributed by atoms with E-state index in [1.54, 1.807) is 6.92 Å². The zero-order chi connectivity index (χ0) is 20.1. The Bertz CT molecular complexity index is 700. The lowest BCUT2D eigenvalue weighted by atomic mass is 9.72. The van der Waals surface area contributed by atoms with Crippen LogP contribution in [-0.2, 0) is 4.79 Å². The Labute approximate surface area is 159 Å². The highest BCUT2D eigenvalue weighted by molar-refractivity contribution is 5.99. The molecule has 0 aliphatic heterocycles. The Hall–Kier alpha value is -1.90. The van der Waals surface area contributed by atoms with Gasteiger partial charge in [-0.05, 0) is 88.5 Å². The van der Waals surface area contributed by atoms with Crippen LogP contribution in [0.15, 0.2) is 51.1 Å². The van der Waals surface area contributed by atoms with Crippen molar-refractivity contribution >= 4 is 11.7 Å². The highest BCUT2D eigenvalue weighted by Crippen LogP contribution is 2.41. The summed E-state index contributed by atoms with van der Waals surface area (Å²) < 4.78 is 0. The fourth-order valence-electron chi connectivity index (χ4n) is 3.24. The van der Waals surface area contributed by atoms with Gasteiger partial charge in [-0.1, -0.05) is 37.6 Å². The summed E-state index contributed by atoms with van der Waals surface area (Å²) in [6.07, 6.45) is 10.2. The third kappa shape index (κ3) is 6.12. The van der Waals surface area contributed by atoms with Crippen molar-refractivity contribution in [1.29, 1.82) is 0 Å². The van der Waals surface area contributed by atoms with Crippen molar-refractivity contribution in [3.8, 4) is 0 Å². The van der Waals surface area contributed by atoms with Gasteiger partial charge in [0.05, 0.1) is 0 Å². The van der Waals surface area contributed by atoms with Gasteiger partial charge in [0, 0.05) is 5.71 Å². The first kappa shape index (κ1) is 22.1. The van der Waals surface area contributed by atoms with Crippen molar-refractivity contribution in [2.45, 2.75) is 80.7 Å². The average Bonchev–Trinajstić information content (AvgIpc) is 2.54. The molecule has 0 amide bonds. The summed E-state index contributed by atoms with van der Waals surface area (Å²) in [5.41, 5.74) is 7.45. The molecule has 1 N–H and O–H groups in total.